The van der Waals surface area contributed by atoms with Crippen molar-refractivity contribution in [3.05, 3.63) is 23.8 Å². The van der Waals surface area contributed by atoms with Gasteiger partial charge in [-0.2, -0.15) is 0 Å². The summed E-state index contributed by atoms with van der Waals surface area (Å²) in [5, 5.41) is 3.37. The van der Waals surface area contributed by atoms with Crippen LogP contribution in [0.2, 0.25) is 0 Å². The van der Waals surface area contributed by atoms with Crippen LogP contribution in [0.15, 0.2) is 23.1 Å². The van der Waals surface area contributed by atoms with E-state index in [0.29, 0.717) is 24.1 Å². The third-order valence-corrected chi connectivity index (χ3v) is 5.38. The average molecular weight is 296 g/mol. The molecule has 1 fully saturated rings. The molecule has 1 saturated heterocycles. The molecule has 110 valence electrons. The van der Waals surface area contributed by atoms with Crippen molar-refractivity contribution in [2.24, 2.45) is 0 Å². The van der Waals surface area contributed by atoms with Gasteiger partial charge in [-0.15, -0.1) is 0 Å². The van der Waals surface area contributed by atoms with E-state index in [9.17, 15) is 8.42 Å². The summed E-state index contributed by atoms with van der Waals surface area (Å²) in [5.41, 5.74) is 0.977. The van der Waals surface area contributed by atoms with Crippen LogP contribution in [0, 0.1) is 0 Å². The number of hydrogen-bond acceptors (Lipinski definition) is 4. The van der Waals surface area contributed by atoms with Crippen molar-refractivity contribution in [1.82, 2.24) is 10.0 Å². The van der Waals surface area contributed by atoms with E-state index >= 15 is 0 Å². The second kappa shape index (κ2) is 5.71. The van der Waals surface area contributed by atoms with Gasteiger partial charge in [0.15, 0.2) is 0 Å². The molecule has 0 aliphatic carbocycles. The molecule has 2 N–H and O–H groups in total. The molecule has 20 heavy (non-hydrogen) atoms. The highest BCUT2D eigenvalue weighted by Gasteiger charge is 2.20. The molecule has 0 amide bonds. The SMILES string of the molecule is O=S(=O)(NCCC1CCCN1)c1ccc2c(c1)CCO2. The fraction of sp³-hybridized carbons (Fsp3) is 0.571. The van der Waals surface area contributed by atoms with Gasteiger partial charge in [0, 0.05) is 19.0 Å². The summed E-state index contributed by atoms with van der Waals surface area (Å²) >= 11 is 0. The molecule has 3 rings (SSSR count). The first-order chi connectivity index (χ1) is 9.65. The number of benzene rings is 1. The Hall–Kier alpha value is -1.11. The topological polar surface area (TPSA) is 67.4 Å². The fourth-order valence-corrected chi connectivity index (χ4v) is 3.88. The minimum Gasteiger partial charge on any atom is -0.493 e. The second-order valence-corrected chi connectivity index (χ2v) is 7.11. The molecule has 0 spiro atoms. The van der Waals surface area contributed by atoms with Crippen molar-refractivity contribution >= 4 is 10.0 Å². The van der Waals surface area contributed by atoms with Crippen LogP contribution in [0.3, 0.4) is 0 Å². The summed E-state index contributed by atoms with van der Waals surface area (Å²) < 4.78 is 32.5. The molecule has 1 aromatic rings. The van der Waals surface area contributed by atoms with Crippen LogP contribution in [0.1, 0.15) is 24.8 Å². The van der Waals surface area contributed by atoms with Crippen LogP contribution in [0.4, 0.5) is 0 Å². The van der Waals surface area contributed by atoms with Crippen LogP contribution in [0.25, 0.3) is 0 Å². The number of hydrogen-bond donors (Lipinski definition) is 2. The van der Waals surface area contributed by atoms with Gasteiger partial charge in [0.2, 0.25) is 10.0 Å². The lowest BCUT2D eigenvalue weighted by molar-refractivity contribution is 0.356. The van der Waals surface area contributed by atoms with Crippen LogP contribution in [0.5, 0.6) is 5.75 Å². The Balaban J connectivity index is 1.62. The smallest absolute Gasteiger partial charge is 0.240 e. The second-order valence-electron chi connectivity index (χ2n) is 5.35. The maximum Gasteiger partial charge on any atom is 0.240 e. The highest BCUT2D eigenvalue weighted by molar-refractivity contribution is 7.89. The Morgan fingerprint density at radius 1 is 1.40 bits per heavy atom. The van der Waals surface area contributed by atoms with Gasteiger partial charge in [-0.1, -0.05) is 0 Å². The molecule has 0 radical (unpaired) electrons. The zero-order valence-corrected chi connectivity index (χ0v) is 12.2. The molecule has 0 aromatic heterocycles. The van der Waals surface area contributed by atoms with Gasteiger partial charge in [-0.05, 0) is 49.6 Å². The summed E-state index contributed by atoms with van der Waals surface area (Å²) in [5.74, 6) is 0.805. The Morgan fingerprint density at radius 2 is 2.30 bits per heavy atom. The van der Waals surface area contributed by atoms with Crippen molar-refractivity contribution in [2.75, 3.05) is 19.7 Å². The number of sulfonamides is 1. The largest absolute Gasteiger partial charge is 0.493 e. The van der Waals surface area contributed by atoms with E-state index in [1.165, 1.54) is 6.42 Å². The fourth-order valence-electron chi connectivity index (χ4n) is 2.78. The third-order valence-electron chi connectivity index (χ3n) is 3.92. The van der Waals surface area contributed by atoms with Crippen molar-refractivity contribution in [1.29, 1.82) is 0 Å². The predicted octanol–water partition coefficient (Wildman–Crippen LogP) is 1.04. The van der Waals surface area contributed by atoms with Gasteiger partial charge >= 0.3 is 0 Å². The molecule has 1 aromatic carbocycles. The molecule has 6 heteroatoms. The van der Waals surface area contributed by atoms with Crippen LogP contribution in [-0.2, 0) is 16.4 Å². The Labute approximate surface area is 119 Å². The van der Waals surface area contributed by atoms with Gasteiger partial charge in [-0.3, -0.25) is 0 Å². The van der Waals surface area contributed by atoms with Crippen molar-refractivity contribution in [3.63, 3.8) is 0 Å². The van der Waals surface area contributed by atoms with Gasteiger partial charge in [0.25, 0.3) is 0 Å². The summed E-state index contributed by atoms with van der Waals surface area (Å²) in [6.45, 7) is 2.16. The minimum absolute atomic E-state index is 0.334. The van der Waals surface area contributed by atoms with E-state index in [0.717, 1.165) is 37.1 Å². The van der Waals surface area contributed by atoms with E-state index in [-0.39, 0.29) is 0 Å². The summed E-state index contributed by atoms with van der Waals surface area (Å²) in [6, 6.07) is 5.53. The van der Waals surface area contributed by atoms with Gasteiger partial charge in [-0.25, -0.2) is 13.1 Å². The Kier molecular flexibility index (Phi) is 3.96. The zero-order valence-electron chi connectivity index (χ0n) is 11.4. The monoisotopic (exact) mass is 296 g/mol. The lowest BCUT2D eigenvalue weighted by atomic mass is 10.2. The van der Waals surface area contributed by atoms with E-state index < -0.39 is 10.0 Å². The third kappa shape index (κ3) is 2.97. The number of nitrogens with one attached hydrogen (secondary N) is 2. The van der Waals surface area contributed by atoms with E-state index in [2.05, 4.69) is 10.0 Å². The molecule has 2 heterocycles. The van der Waals surface area contributed by atoms with Crippen LogP contribution in [-0.4, -0.2) is 34.2 Å². The molecule has 0 saturated carbocycles. The van der Waals surface area contributed by atoms with Gasteiger partial charge < -0.3 is 10.1 Å². The molecule has 0 bridgehead atoms. The highest BCUT2D eigenvalue weighted by atomic mass is 32.2. The number of fused-ring (bicyclic) bond motifs is 1. The minimum atomic E-state index is -3.41. The van der Waals surface area contributed by atoms with Crippen LogP contribution < -0.4 is 14.8 Å². The van der Waals surface area contributed by atoms with Crippen molar-refractivity contribution in [3.8, 4) is 5.75 Å². The first-order valence-electron chi connectivity index (χ1n) is 7.14. The number of ether oxygens (including phenoxy) is 1. The summed E-state index contributed by atoms with van der Waals surface area (Å²) in [7, 11) is -3.41. The van der Waals surface area contributed by atoms with Crippen molar-refractivity contribution in [2.45, 2.75) is 36.6 Å². The highest BCUT2D eigenvalue weighted by Crippen LogP contribution is 2.27. The lowest BCUT2D eigenvalue weighted by Crippen LogP contribution is -2.30. The zero-order chi connectivity index (χ0) is 14.0. The maximum atomic E-state index is 12.2. The first-order valence-corrected chi connectivity index (χ1v) is 8.62. The Morgan fingerprint density at radius 3 is 3.10 bits per heavy atom. The first kappa shape index (κ1) is 13.9. The predicted molar refractivity (Wildman–Crippen MR) is 76.5 cm³/mol. The quantitative estimate of drug-likeness (QED) is 0.852. The molecule has 2 aliphatic heterocycles. The average Bonchev–Trinajstić information content (AvgIpc) is 3.08. The van der Waals surface area contributed by atoms with Gasteiger partial charge in [0.05, 0.1) is 11.5 Å². The Bertz CT molecular complexity index is 580. The normalized spacial score (nSPS) is 21.7. The van der Waals surface area contributed by atoms with Crippen LogP contribution >= 0.6 is 0 Å². The molecular formula is C14H20N2O3S. The summed E-state index contributed by atoms with van der Waals surface area (Å²) in [4.78, 5) is 0.334. The molecule has 5 nitrogen and oxygen atoms in total. The number of rotatable bonds is 5. The molecule has 2 aliphatic rings. The van der Waals surface area contributed by atoms with Gasteiger partial charge in [0.1, 0.15) is 5.75 Å². The molecule has 1 atom stereocenters. The molecule has 1 unspecified atom stereocenters. The summed E-state index contributed by atoms with van der Waals surface area (Å²) in [6.07, 6.45) is 3.94. The van der Waals surface area contributed by atoms with E-state index in [4.69, 9.17) is 4.74 Å². The standard InChI is InChI=1S/C14H20N2O3S/c17-20(18,16-8-5-12-2-1-7-15-12)13-3-4-14-11(10-13)6-9-19-14/h3-4,10,12,15-16H,1-2,5-9H2. The van der Waals surface area contributed by atoms with E-state index in [1.54, 1.807) is 18.2 Å². The van der Waals surface area contributed by atoms with Crippen molar-refractivity contribution < 1.29 is 13.2 Å². The lowest BCUT2D eigenvalue weighted by Gasteiger charge is -2.11. The molecular weight excluding hydrogens is 276 g/mol. The maximum absolute atomic E-state index is 12.2. The van der Waals surface area contributed by atoms with E-state index in [1.807, 2.05) is 0 Å².